The fraction of sp³-hybridized carbons (Fsp3) is 0.500. The van der Waals surface area contributed by atoms with Gasteiger partial charge < -0.3 is 20.3 Å². The number of rotatable bonds is 7. The summed E-state index contributed by atoms with van der Waals surface area (Å²) < 4.78 is 5.40. The van der Waals surface area contributed by atoms with Crippen LogP contribution in [-0.4, -0.2) is 41.6 Å². The van der Waals surface area contributed by atoms with Gasteiger partial charge in [-0.2, -0.15) is 5.26 Å². The van der Waals surface area contributed by atoms with E-state index in [0.717, 1.165) is 0 Å². The molecular weight excluding hydrogens is 244 g/mol. The average Bonchev–Trinajstić information content (AvgIpc) is 2.43. The van der Waals surface area contributed by atoms with Crippen LogP contribution in [0.25, 0.3) is 0 Å². The smallest absolute Gasteiger partial charge is 0.119 e. The van der Waals surface area contributed by atoms with Gasteiger partial charge in [0.05, 0.1) is 18.2 Å². The normalized spacial score (nSPS) is 12.8. The lowest BCUT2D eigenvalue weighted by Gasteiger charge is -2.25. The molecule has 1 rings (SSSR count). The fourth-order valence-corrected chi connectivity index (χ4v) is 1.33. The Morgan fingerprint density at radius 2 is 2.00 bits per heavy atom. The Balaban J connectivity index is 2.33. The summed E-state index contributed by atoms with van der Waals surface area (Å²) in [5.41, 5.74) is 0.148. The van der Waals surface area contributed by atoms with Crippen molar-refractivity contribution in [1.82, 2.24) is 5.32 Å². The lowest BCUT2D eigenvalue weighted by atomic mass is 10.1. The molecule has 0 saturated carbocycles. The summed E-state index contributed by atoms with van der Waals surface area (Å²) in [5, 5.41) is 30.5. The first-order valence-electron chi connectivity index (χ1n) is 6.14. The predicted octanol–water partition coefficient (Wildman–Crippen LogP) is 0.658. The van der Waals surface area contributed by atoms with E-state index in [1.807, 2.05) is 19.9 Å². The van der Waals surface area contributed by atoms with E-state index in [9.17, 15) is 5.11 Å². The molecule has 0 saturated heterocycles. The molecule has 0 aliphatic carbocycles. The zero-order chi connectivity index (χ0) is 14.3. The van der Waals surface area contributed by atoms with E-state index in [-0.39, 0.29) is 13.2 Å². The Morgan fingerprint density at radius 1 is 1.37 bits per heavy atom. The monoisotopic (exact) mass is 264 g/mol. The van der Waals surface area contributed by atoms with Crippen LogP contribution in [-0.2, 0) is 0 Å². The molecule has 3 N–H and O–H groups in total. The highest BCUT2D eigenvalue weighted by atomic mass is 16.5. The number of nitrogens with zero attached hydrogens (tertiary/aromatic N) is 1. The van der Waals surface area contributed by atoms with Crippen LogP contribution in [0.2, 0.25) is 0 Å². The third kappa shape index (κ3) is 5.71. The Hall–Kier alpha value is -1.61. The first kappa shape index (κ1) is 15.4. The van der Waals surface area contributed by atoms with E-state index in [2.05, 4.69) is 5.32 Å². The lowest BCUT2D eigenvalue weighted by Crippen LogP contribution is -2.47. The number of nitrogens with one attached hydrogen (secondary N) is 1. The van der Waals surface area contributed by atoms with Crippen molar-refractivity contribution < 1.29 is 14.9 Å². The van der Waals surface area contributed by atoms with Crippen LogP contribution < -0.4 is 10.1 Å². The highest BCUT2D eigenvalue weighted by Crippen LogP contribution is 2.11. The average molecular weight is 264 g/mol. The molecule has 1 aromatic carbocycles. The maximum Gasteiger partial charge on any atom is 0.119 e. The van der Waals surface area contributed by atoms with Gasteiger partial charge in [-0.15, -0.1) is 0 Å². The SMILES string of the molecule is CC(C)(CO)NC[C@@H](O)COc1ccc(C#N)cc1. The van der Waals surface area contributed by atoms with E-state index in [1.165, 1.54) is 0 Å². The third-order valence-corrected chi connectivity index (χ3v) is 2.64. The van der Waals surface area contributed by atoms with Crippen LogP contribution in [0.5, 0.6) is 5.75 Å². The molecule has 0 fully saturated rings. The van der Waals surface area contributed by atoms with Crippen molar-refractivity contribution in [3.05, 3.63) is 29.8 Å². The lowest BCUT2D eigenvalue weighted by molar-refractivity contribution is 0.0907. The van der Waals surface area contributed by atoms with E-state index in [1.54, 1.807) is 24.3 Å². The molecule has 0 aromatic heterocycles. The Labute approximate surface area is 113 Å². The number of ether oxygens (including phenoxy) is 1. The maximum atomic E-state index is 9.75. The Bertz CT molecular complexity index is 423. The van der Waals surface area contributed by atoms with Gasteiger partial charge >= 0.3 is 0 Å². The number of β-amino-alcohol motifs (C(OH)–C–C–N with tert-alkyl or cyclic N) is 1. The second-order valence-corrected chi connectivity index (χ2v) is 5.02. The van der Waals surface area contributed by atoms with Gasteiger partial charge in [0.2, 0.25) is 0 Å². The molecule has 0 aliphatic heterocycles. The highest BCUT2D eigenvalue weighted by Gasteiger charge is 2.17. The third-order valence-electron chi connectivity index (χ3n) is 2.64. The van der Waals surface area contributed by atoms with Gasteiger partial charge in [0.25, 0.3) is 0 Å². The van der Waals surface area contributed by atoms with Crippen LogP contribution in [0.1, 0.15) is 19.4 Å². The zero-order valence-electron chi connectivity index (χ0n) is 11.3. The molecule has 0 bridgehead atoms. The molecule has 0 amide bonds. The van der Waals surface area contributed by atoms with Crippen LogP contribution in [0.15, 0.2) is 24.3 Å². The summed E-state index contributed by atoms with van der Waals surface area (Å²) in [6.07, 6.45) is -0.665. The molecule has 0 radical (unpaired) electrons. The summed E-state index contributed by atoms with van der Waals surface area (Å²) in [4.78, 5) is 0. The second-order valence-electron chi connectivity index (χ2n) is 5.02. The van der Waals surface area contributed by atoms with Gasteiger partial charge in [-0.05, 0) is 38.1 Å². The molecule has 5 heteroatoms. The minimum Gasteiger partial charge on any atom is -0.491 e. The number of hydrogen-bond donors (Lipinski definition) is 3. The molecule has 19 heavy (non-hydrogen) atoms. The first-order valence-corrected chi connectivity index (χ1v) is 6.14. The minimum absolute atomic E-state index is 0.00377. The zero-order valence-corrected chi connectivity index (χ0v) is 11.3. The number of benzene rings is 1. The van der Waals surface area contributed by atoms with E-state index < -0.39 is 11.6 Å². The standard InChI is InChI=1S/C14H20N2O3/c1-14(2,10-17)16-8-12(18)9-19-13-5-3-11(7-15)4-6-13/h3-6,12,16-18H,8-10H2,1-2H3/t12-/m1/s1. The van der Waals surface area contributed by atoms with Crippen molar-refractivity contribution >= 4 is 0 Å². The van der Waals surface area contributed by atoms with E-state index in [0.29, 0.717) is 17.9 Å². The van der Waals surface area contributed by atoms with Crippen molar-refractivity contribution in [2.45, 2.75) is 25.5 Å². The number of aliphatic hydroxyl groups is 2. The molecule has 0 spiro atoms. The molecule has 0 unspecified atom stereocenters. The topological polar surface area (TPSA) is 85.5 Å². The highest BCUT2D eigenvalue weighted by molar-refractivity contribution is 5.34. The summed E-state index contributed by atoms with van der Waals surface area (Å²) in [7, 11) is 0. The molecule has 1 atom stereocenters. The molecule has 5 nitrogen and oxygen atoms in total. The Kier molecular flexibility index (Phi) is 5.77. The van der Waals surface area contributed by atoms with Crippen LogP contribution in [0.4, 0.5) is 0 Å². The summed E-state index contributed by atoms with van der Waals surface area (Å²) in [5.74, 6) is 0.611. The fourth-order valence-electron chi connectivity index (χ4n) is 1.33. The van der Waals surface area contributed by atoms with Crippen molar-refractivity contribution in [2.75, 3.05) is 19.8 Å². The maximum absolute atomic E-state index is 9.75. The second kappa shape index (κ2) is 7.10. The molecule has 1 aromatic rings. The number of hydrogen-bond acceptors (Lipinski definition) is 5. The van der Waals surface area contributed by atoms with Gasteiger partial charge in [-0.1, -0.05) is 0 Å². The van der Waals surface area contributed by atoms with Crippen molar-refractivity contribution in [2.24, 2.45) is 0 Å². The predicted molar refractivity (Wildman–Crippen MR) is 71.8 cm³/mol. The van der Waals surface area contributed by atoms with Crippen LogP contribution in [0, 0.1) is 11.3 Å². The Morgan fingerprint density at radius 3 is 2.53 bits per heavy atom. The van der Waals surface area contributed by atoms with E-state index in [4.69, 9.17) is 15.1 Å². The largest absolute Gasteiger partial charge is 0.491 e. The quantitative estimate of drug-likeness (QED) is 0.673. The van der Waals surface area contributed by atoms with Crippen LogP contribution in [0.3, 0.4) is 0 Å². The summed E-state index contributed by atoms with van der Waals surface area (Å²) in [6.45, 7) is 4.18. The van der Waals surface area contributed by atoms with Gasteiger partial charge in [0, 0.05) is 12.1 Å². The van der Waals surface area contributed by atoms with Crippen molar-refractivity contribution in [3.8, 4) is 11.8 Å². The summed E-state index contributed by atoms with van der Waals surface area (Å²) in [6, 6.07) is 8.73. The van der Waals surface area contributed by atoms with Gasteiger partial charge in [0.15, 0.2) is 0 Å². The van der Waals surface area contributed by atoms with Crippen molar-refractivity contribution in [1.29, 1.82) is 5.26 Å². The van der Waals surface area contributed by atoms with Gasteiger partial charge in [0.1, 0.15) is 18.5 Å². The van der Waals surface area contributed by atoms with Gasteiger partial charge in [-0.25, -0.2) is 0 Å². The van der Waals surface area contributed by atoms with Crippen LogP contribution >= 0.6 is 0 Å². The van der Waals surface area contributed by atoms with Crippen molar-refractivity contribution in [3.63, 3.8) is 0 Å². The molecule has 104 valence electrons. The first-order chi connectivity index (χ1) is 8.96. The molecule has 0 heterocycles. The molecular formula is C14H20N2O3. The van der Waals surface area contributed by atoms with E-state index >= 15 is 0 Å². The number of nitriles is 1. The number of aliphatic hydroxyl groups excluding tert-OH is 2. The molecule has 0 aliphatic rings. The minimum atomic E-state index is -0.665. The van der Waals surface area contributed by atoms with Gasteiger partial charge in [-0.3, -0.25) is 0 Å². The summed E-state index contributed by atoms with van der Waals surface area (Å²) >= 11 is 0.